The molecule has 1 aromatic heterocycles. The smallest absolute Gasteiger partial charge is 0.136 e. The van der Waals surface area contributed by atoms with E-state index in [9.17, 15) is 5.48 Å². The highest BCUT2D eigenvalue weighted by molar-refractivity contribution is 6.23. The standard InChI is InChI=1S/C48H30O/c1-2-12-32(13-3-1)36-15-6-7-17-38(36)47-41-20-10-8-18-39(41)46(40-19-9-11-21-42(40)47)34-24-22-31(23-25-34)35-27-28-44-43(30-35)48-37-16-5-4-14-33(37)26-29-45(48)49-44/h1-30H/i8D,9D,10D,11D,18D,19D,20D,21D. The molecule has 0 saturated carbocycles. The first kappa shape index (κ1) is 20.7. The van der Waals surface area contributed by atoms with Crippen LogP contribution >= 0.6 is 0 Å². The molecule has 49 heavy (non-hydrogen) atoms. The Bertz CT molecular complexity index is 3240. The van der Waals surface area contributed by atoms with Gasteiger partial charge in [-0.1, -0.05) is 164 Å². The van der Waals surface area contributed by atoms with Crippen molar-refractivity contribution in [2.75, 3.05) is 0 Å². The van der Waals surface area contributed by atoms with Crippen molar-refractivity contribution < 1.29 is 15.4 Å². The molecule has 0 aliphatic carbocycles. The van der Waals surface area contributed by atoms with E-state index in [1.165, 1.54) is 0 Å². The molecular weight excluding hydrogens is 593 g/mol. The third-order valence-electron chi connectivity index (χ3n) is 9.52. The average Bonchev–Trinajstić information content (AvgIpc) is 3.64. The first-order chi connectivity index (χ1) is 27.6. The minimum absolute atomic E-state index is 0.183. The molecule has 1 heterocycles. The second kappa shape index (κ2) is 11.1. The van der Waals surface area contributed by atoms with Crippen molar-refractivity contribution in [2.45, 2.75) is 0 Å². The molecule has 0 aliphatic rings. The summed E-state index contributed by atoms with van der Waals surface area (Å²) in [5, 5.41) is 4.98. The summed E-state index contributed by atoms with van der Waals surface area (Å²) in [6, 6.07) is 40.1. The highest BCUT2D eigenvalue weighted by atomic mass is 16.3. The molecule has 9 aromatic carbocycles. The van der Waals surface area contributed by atoms with Crippen LogP contribution in [-0.2, 0) is 0 Å². The summed E-state index contributed by atoms with van der Waals surface area (Å²) in [7, 11) is 0. The van der Waals surface area contributed by atoms with E-state index in [1.54, 1.807) is 0 Å². The zero-order chi connectivity index (χ0) is 39.3. The molecule has 0 spiro atoms. The third-order valence-corrected chi connectivity index (χ3v) is 9.52. The Morgan fingerprint density at radius 3 is 1.67 bits per heavy atom. The second-order valence-electron chi connectivity index (χ2n) is 12.2. The van der Waals surface area contributed by atoms with Crippen LogP contribution in [0.2, 0.25) is 0 Å². The molecule has 0 saturated heterocycles. The molecule has 0 N–H and O–H groups in total. The van der Waals surface area contributed by atoms with Crippen LogP contribution in [-0.4, -0.2) is 0 Å². The van der Waals surface area contributed by atoms with Gasteiger partial charge in [0.2, 0.25) is 0 Å². The Hall–Kier alpha value is -6.44. The number of fused-ring (bicyclic) bond motifs is 7. The van der Waals surface area contributed by atoms with Crippen molar-refractivity contribution in [1.29, 1.82) is 0 Å². The quantitative estimate of drug-likeness (QED) is 0.176. The molecule has 1 nitrogen and oxygen atoms in total. The highest BCUT2D eigenvalue weighted by Crippen LogP contribution is 2.46. The molecule has 228 valence electrons. The molecule has 0 bridgehead atoms. The van der Waals surface area contributed by atoms with Crippen LogP contribution < -0.4 is 0 Å². The number of hydrogen-bond donors (Lipinski definition) is 0. The van der Waals surface area contributed by atoms with E-state index in [2.05, 4.69) is 24.3 Å². The second-order valence-corrected chi connectivity index (χ2v) is 12.2. The van der Waals surface area contributed by atoms with Gasteiger partial charge in [0.1, 0.15) is 11.2 Å². The minimum Gasteiger partial charge on any atom is -0.456 e. The molecular formula is C48H30O. The summed E-state index contributed by atoms with van der Waals surface area (Å²) in [4.78, 5) is 0. The van der Waals surface area contributed by atoms with Gasteiger partial charge in [-0.2, -0.15) is 0 Å². The Labute approximate surface area is 295 Å². The maximum Gasteiger partial charge on any atom is 0.136 e. The fraction of sp³-hybridized carbons (Fsp3) is 0. The summed E-state index contributed by atoms with van der Waals surface area (Å²) in [6.45, 7) is 0. The summed E-state index contributed by atoms with van der Waals surface area (Å²) in [5.41, 5.74) is 6.80. The van der Waals surface area contributed by atoms with Crippen molar-refractivity contribution in [3.8, 4) is 44.5 Å². The van der Waals surface area contributed by atoms with E-state index in [0.717, 1.165) is 55.0 Å². The number of rotatable bonds is 4. The minimum atomic E-state index is -0.430. The highest BCUT2D eigenvalue weighted by Gasteiger charge is 2.19. The lowest BCUT2D eigenvalue weighted by atomic mass is 9.83. The van der Waals surface area contributed by atoms with Gasteiger partial charge in [0.25, 0.3) is 0 Å². The van der Waals surface area contributed by atoms with E-state index in [1.807, 2.05) is 109 Å². The van der Waals surface area contributed by atoms with E-state index in [0.29, 0.717) is 22.3 Å². The van der Waals surface area contributed by atoms with Crippen LogP contribution in [0.4, 0.5) is 0 Å². The predicted octanol–water partition coefficient (Wildman–Crippen LogP) is 13.7. The van der Waals surface area contributed by atoms with Gasteiger partial charge in [0, 0.05) is 10.8 Å². The van der Waals surface area contributed by atoms with E-state index < -0.39 is 24.2 Å². The zero-order valence-electron chi connectivity index (χ0n) is 34.1. The largest absolute Gasteiger partial charge is 0.456 e. The topological polar surface area (TPSA) is 13.1 Å². The van der Waals surface area contributed by atoms with Gasteiger partial charge >= 0.3 is 0 Å². The van der Waals surface area contributed by atoms with Crippen LogP contribution in [0, 0.1) is 0 Å². The van der Waals surface area contributed by atoms with Gasteiger partial charge in [0.15, 0.2) is 0 Å². The fourth-order valence-corrected chi connectivity index (χ4v) is 7.31. The van der Waals surface area contributed by atoms with Gasteiger partial charge in [-0.05, 0) is 95.0 Å². The lowest BCUT2D eigenvalue weighted by molar-refractivity contribution is 0.669. The average molecular weight is 631 g/mol. The first-order valence-electron chi connectivity index (χ1n) is 20.2. The molecule has 10 rings (SSSR count). The molecule has 1 heteroatoms. The van der Waals surface area contributed by atoms with E-state index in [4.69, 9.17) is 9.90 Å². The number of furan rings is 1. The number of hydrogen-bond acceptors (Lipinski definition) is 1. The van der Waals surface area contributed by atoms with Gasteiger partial charge in [-0.15, -0.1) is 0 Å². The van der Waals surface area contributed by atoms with Gasteiger partial charge < -0.3 is 4.42 Å². The Morgan fingerprint density at radius 1 is 0.367 bits per heavy atom. The fourth-order valence-electron chi connectivity index (χ4n) is 7.31. The molecule has 0 atom stereocenters. The van der Waals surface area contributed by atoms with Crippen LogP contribution in [0.1, 0.15) is 11.0 Å². The lowest BCUT2D eigenvalue weighted by Crippen LogP contribution is -1.92. The van der Waals surface area contributed by atoms with Crippen molar-refractivity contribution >= 4 is 54.3 Å². The van der Waals surface area contributed by atoms with Crippen molar-refractivity contribution in [3.05, 3.63) is 182 Å². The molecule has 0 amide bonds. The number of benzene rings is 9. The first-order valence-corrected chi connectivity index (χ1v) is 16.2. The van der Waals surface area contributed by atoms with Crippen LogP contribution in [0.15, 0.2) is 186 Å². The Balaban J connectivity index is 1.27. The van der Waals surface area contributed by atoms with Crippen LogP contribution in [0.3, 0.4) is 0 Å². The summed E-state index contributed by atoms with van der Waals surface area (Å²) in [5.74, 6) is 0. The van der Waals surface area contributed by atoms with Crippen molar-refractivity contribution in [3.63, 3.8) is 0 Å². The van der Waals surface area contributed by atoms with Crippen molar-refractivity contribution in [2.24, 2.45) is 0 Å². The van der Waals surface area contributed by atoms with E-state index >= 15 is 0 Å². The SMILES string of the molecule is [2H]c1c([2H])c([2H])c2c(-c3ccccc3-c3ccccc3)c3c([2H])c([2H])c([2H])c([2H])c3c(-c3ccc(-c4ccc5oc6ccc7ccccc7c6c5c4)cc3)c2c1[2H]. The zero-order valence-corrected chi connectivity index (χ0v) is 26.1. The molecule has 0 unspecified atom stereocenters. The predicted molar refractivity (Wildman–Crippen MR) is 208 cm³/mol. The maximum absolute atomic E-state index is 9.36. The normalized spacial score (nSPS) is 14.0. The Morgan fingerprint density at radius 2 is 0.939 bits per heavy atom. The van der Waals surface area contributed by atoms with Gasteiger partial charge in [-0.25, -0.2) is 0 Å². The monoisotopic (exact) mass is 630 g/mol. The summed E-state index contributed by atoms with van der Waals surface area (Å²) >= 11 is 0. The molecule has 0 fully saturated rings. The molecule has 0 radical (unpaired) electrons. The Kier molecular flexibility index (Phi) is 4.69. The van der Waals surface area contributed by atoms with Crippen LogP contribution in [0.5, 0.6) is 0 Å². The third kappa shape index (κ3) is 4.40. The van der Waals surface area contributed by atoms with Gasteiger partial charge in [-0.3, -0.25) is 0 Å². The van der Waals surface area contributed by atoms with Crippen LogP contribution in [0.25, 0.3) is 98.8 Å². The maximum atomic E-state index is 9.36. The summed E-state index contributed by atoms with van der Waals surface area (Å²) < 4.78 is 78.9. The summed E-state index contributed by atoms with van der Waals surface area (Å²) in [6.07, 6.45) is 0. The lowest BCUT2D eigenvalue weighted by Gasteiger charge is -2.19. The van der Waals surface area contributed by atoms with E-state index in [-0.39, 0.29) is 45.7 Å². The van der Waals surface area contributed by atoms with Gasteiger partial charge in [0.05, 0.1) is 11.0 Å². The molecule has 0 aliphatic heterocycles. The molecule has 10 aromatic rings. The van der Waals surface area contributed by atoms with Crippen molar-refractivity contribution in [1.82, 2.24) is 0 Å².